The number of fused-ring (bicyclic) bond motifs is 1. The lowest BCUT2D eigenvalue weighted by Crippen LogP contribution is -2.45. The number of hydrogen-bond donors (Lipinski definition) is 1. The van der Waals surface area contributed by atoms with E-state index in [4.69, 9.17) is 4.74 Å². The molecule has 0 unspecified atom stereocenters. The molecule has 2 atom stereocenters. The summed E-state index contributed by atoms with van der Waals surface area (Å²) in [6.07, 6.45) is -1.32. The summed E-state index contributed by atoms with van der Waals surface area (Å²) in [5, 5.41) is 13.4. The lowest BCUT2D eigenvalue weighted by molar-refractivity contribution is -0.383. The number of carbonyl (C=O) groups excluding carboxylic acids is 4. The minimum Gasteiger partial charge on any atom is -0.451 e. The first-order chi connectivity index (χ1) is 14.2. The molecule has 2 aromatic carbocycles. The van der Waals surface area contributed by atoms with Crippen LogP contribution in [-0.4, -0.2) is 45.7 Å². The molecule has 0 aliphatic carbocycles. The van der Waals surface area contributed by atoms with Gasteiger partial charge in [-0.25, -0.2) is 4.79 Å². The quantitative estimate of drug-likeness (QED) is 0.333. The zero-order valence-corrected chi connectivity index (χ0v) is 16.0. The molecule has 3 rings (SSSR count). The number of esters is 1. The fourth-order valence-electron chi connectivity index (χ4n) is 2.96. The van der Waals surface area contributed by atoms with Crippen LogP contribution in [0.5, 0.6) is 0 Å². The summed E-state index contributed by atoms with van der Waals surface area (Å²) < 4.78 is 5.09. The van der Waals surface area contributed by atoms with E-state index < -0.39 is 40.8 Å². The van der Waals surface area contributed by atoms with Gasteiger partial charge in [-0.05, 0) is 32.0 Å². The second-order valence-electron chi connectivity index (χ2n) is 6.54. The van der Waals surface area contributed by atoms with E-state index in [-0.39, 0.29) is 22.5 Å². The minimum absolute atomic E-state index is 0.0520. The molecular weight excluding hydrogens is 394 g/mol. The number of anilines is 1. The third-order valence-corrected chi connectivity index (χ3v) is 4.57. The van der Waals surface area contributed by atoms with Gasteiger partial charge in [0, 0.05) is 6.07 Å². The van der Waals surface area contributed by atoms with E-state index in [0.29, 0.717) is 0 Å². The molecule has 0 bridgehead atoms. The second-order valence-corrected chi connectivity index (χ2v) is 6.54. The molecular formula is C20H17N3O7. The number of imide groups is 1. The smallest absolute Gasteiger partial charge is 0.329 e. The molecule has 0 fully saturated rings. The third-order valence-electron chi connectivity index (χ3n) is 4.57. The normalized spacial score (nSPS) is 14.7. The van der Waals surface area contributed by atoms with Crippen molar-refractivity contribution in [1.29, 1.82) is 0 Å². The lowest BCUT2D eigenvalue weighted by Gasteiger charge is -2.22. The first-order valence-corrected chi connectivity index (χ1v) is 8.94. The maximum atomic E-state index is 12.5. The summed E-state index contributed by atoms with van der Waals surface area (Å²) in [5.74, 6) is -3.02. The van der Waals surface area contributed by atoms with Crippen molar-refractivity contribution in [2.45, 2.75) is 26.0 Å². The molecule has 1 N–H and O–H groups in total. The van der Waals surface area contributed by atoms with Crippen LogP contribution in [0.3, 0.4) is 0 Å². The Hall–Kier alpha value is -4.08. The molecule has 0 spiro atoms. The summed E-state index contributed by atoms with van der Waals surface area (Å²) in [4.78, 5) is 60.9. The SMILES string of the molecule is C[C@@H](OC(=O)[C@H](C)N1C(=O)c2ccccc2C1=O)C(=O)Nc1ccccc1[N+](=O)[O-]. The van der Waals surface area contributed by atoms with Gasteiger partial charge in [-0.1, -0.05) is 24.3 Å². The standard InChI is InChI=1S/C20H17N3O7/c1-11(22-18(25)13-7-3-4-8-14(13)19(22)26)20(27)30-12(2)17(24)21-15-9-5-6-10-16(15)23(28)29/h3-12H,1-2H3,(H,21,24)/t11-,12+/m0/s1. The Morgan fingerprint density at radius 3 is 2.10 bits per heavy atom. The van der Waals surface area contributed by atoms with Crippen LogP contribution >= 0.6 is 0 Å². The molecule has 2 aromatic rings. The van der Waals surface area contributed by atoms with Crippen molar-refractivity contribution in [1.82, 2.24) is 4.90 Å². The number of ether oxygens (including phenoxy) is 1. The van der Waals surface area contributed by atoms with Crippen LogP contribution in [0, 0.1) is 10.1 Å². The predicted octanol–water partition coefficient (Wildman–Crippen LogP) is 2.15. The first kappa shape index (κ1) is 20.6. The Bertz CT molecular complexity index is 1030. The van der Waals surface area contributed by atoms with Gasteiger partial charge in [0.1, 0.15) is 11.7 Å². The number of nitrogens with one attached hydrogen (secondary N) is 1. The van der Waals surface area contributed by atoms with Gasteiger partial charge in [-0.3, -0.25) is 29.4 Å². The van der Waals surface area contributed by atoms with Gasteiger partial charge in [-0.15, -0.1) is 0 Å². The Labute approximate surface area is 170 Å². The van der Waals surface area contributed by atoms with Crippen LogP contribution in [0.1, 0.15) is 34.6 Å². The molecule has 0 saturated heterocycles. The summed E-state index contributed by atoms with van der Waals surface area (Å²) in [6, 6.07) is 10.4. The Morgan fingerprint density at radius 2 is 1.53 bits per heavy atom. The van der Waals surface area contributed by atoms with Gasteiger partial charge < -0.3 is 10.1 Å². The van der Waals surface area contributed by atoms with Crippen molar-refractivity contribution < 1.29 is 28.8 Å². The molecule has 3 amide bonds. The highest BCUT2D eigenvalue weighted by Gasteiger charge is 2.41. The number of nitro groups is 1. The average Bonchev–Trinajstić information content (AvgIpc) is 2.98. The molecule has 1 aliphatic heterocycles. The van der Waals surface area contributed by atoms with Crippen LogP contribution in [0.4, 0.5) is 11.4 Å². The predicted molar refractivity (Wildman–Crippen MR) is 104 cm³/mol. The number of rotatable bonds is 6. The zero-order valence-electron chi connectivity index (χ0n) is 16.0. The van der Waals surface area contributed by atoms with Crippen molar-refractivity contribution >= 4 is 35.1 Å². The van der Waals surface area contributed by atoms with Crippen LogP contribution < -0.4 is 5.32 Å². The molecule has 154 valence electrons. The number of nitrogens with zero attached hydrogens (tertiary/aromatic N) is 2. The molecule has 0 aromatic heterocycles. The van der Waals surface area contributed by atoms with Gasteiger partial charge in [0.15, 0.2) is 6.10 Å². The third kappa shape index (κ3) is 3.75. The van der Waals surface area contributed by atoms with Crippen molar-refractivity contribution in [3.8, 4) is 0 Å². The number of amides is 3. The highest BCUT2D eigenvalue weighted by atomic mass is 16.6. The molecule has 10 heteroatoms. The van der Waals surface area contributed by atoms with Crippen LogP contribution in [0.2, 0.25) is 0 Å². The Balaban J connectivity index is 1.67. The van der Waals surface area contributed by atoms with Crippen LogP contribution in [0.25, 0.3) is 0 Å². The van der Waals surface area contributed by atoms with E-state index in [1.54, 1.807) is 12.1 Å². The minimum atomic E-state index is -1.32. The Morgan fingerprint density at radius 1 is 1.00 bits per heavy atom. The second kappa shape index (κ2) is 8.11. The van der Waals surface area contributed by atoms with Gasteiger partial charge in [-0.2, -0.15) is 0 Å². The van der Waals surface area contributed by atoms with E-state index in [0.717, 1.165) is 4.90 Å². The number of para-hydroxylation sites is 2. The summed E-state index contributed by atoms with van der Waals surface area (Å²) in [7, 11) is 0. The van der Waals surface area contributed by atoms with Gasteiger partial charge in [0.25, 0.3) is 23.4 Å². The van der Waals surface area contributed by atoms with Crippen molar-refractivity contribution in [3.05, 3.63) is 69.8 Å². The van der Waals surface area contributed by atoms with Crippen LogP contribution in [0.15, 0.2) is 48.5 Å². The summed E-state index contributed by atoms with van der Waals surface area (Å²) in [5.41, 5.74) is 0.00113. The molecule has 0 saturated carbocycles. The molecule has 1 heterocycles. The van der Waals surface area contributed by atoms with E-state index in [1.165, 1.54) is 50.2 Å². The average molecular weight is 411 g/mol. The van der Waals surface area contributed by atoms with Crippen molar-refractivity contribution in [2.24, 2.45) is 0 Å². The zero-order chi connectivity index (χ0) is 22.0. The number of carbonyl (C=O) groups is 4. The van der Waals surface area contributed by atoms with E-state index in [9.17, 15) is 29.3 Å². The molecule has 10 nitrogen and oxygen atoms in total. The Kier molecular flexibility index (Phi) is 5.58. The van der Waals surface area contributed by atoms with E-state index >= 15 is 0 Å². The monoisotopic (exact) mass is 411 g/mol. The molecule has 30 heavy (non-hydrogen) atoms. The summed E-state index contributed by atoms with van der Waals surface area (Å²) >= 11 is 0. The maximum absolute atomic E-state index is 12.5. The molecule has 1 aliphatic rings. The maximum Gasteiger partial charge on any atom is 0.329 e. The van der Waals surface area contributed by atoms with E-state index in [1.807, 2.05) is 0 Å². The van der Waals surface area contributed by atoms with E-state index in [2.05, 4.69) is 5.32 Å². The lowest BCUT2D eigenvalue weighted by atomic mass is 10.1. The van der Waals surface area contributed by atoms with Crippen molar-refractivity contribution in [2.75, 3.05) is 5.32 Å². The largest absolute Gasteiger partial charge is 0.451 e. The first-order valence-electron chi connectivity index (χ1n) is 8.94. The van der Waals surface area contributed by atoms with Gasteiger partial charge in [0.2, 0.25) is 0 Å². The molecule has 0 radical (unpaired) electrons. The number of hydrogen-bond acceptors (Lipinski definition) is 7. The highest BCUT2D eigenvalue weighted by Crippen LogP contribution is 2.26. The van der Waals surface area contributed by atoms with Crippen LogP contribution in [-0.2, 0) is 14.3 Å². The fourth-order valence-corrected chi connectivity index (χ4v) is 2.96. The topological polar surface area (TPSA) is 136 Å². The summed E-state index contributed by atoms with van der Waals surface area (Å²) in [6.45, 7) is 2.59. The number of nitro benzene ring substituents is 1. The fraction of sp³-hybridized carbons (Fsp3) is 0.200. The van der Waals surface area contributed by atoms with Crippen molar-refractivity contribution in [3.63, 3.8) is 0 Å². The van der Waals surface area contributed by atoms with Gasteiger partial charge in [0.05, 0.1) is 16.1 Å². The van der Waals surface area contributed by atoms with Gasteiger partial charge >= 0.3 is 5.97 Å². The number of benzene rings is 2. The highest BCUT2D eigenvalue weighted by molar-refractivity contribution is 6.22.